The number of rotatable bonds is 0. The first-order valence-corrected chi connectivity index (χ1v) is 3.26. The van der Waals surface area contributed by atoms with Crippen LogP contribution in [0.25, 0.3) is 0 Å². The Kier molecular flexibility index (Phi) is 0.706. The summed E-state index contributed by atoms with van der Waals surface area (Å²) in [6.07, 6.45) is 5.52. The lowest BCUT2D eigenvalue weighted by Crippen LogP contribution is -1.92. The highest BCUT2D eigenvalue weighted by Crippen LogP contribution is 2.47. The summed E-state index contributed by atoms with van der Waals surface area (Å²) in [6, 6.07) is 0. The van der Waals surface area contributed by atoms with Crippen molar-refractivity contribution in [2.75, 3.05) is 0 Å². The van der Waals surface area contributed by atoms with Crippen LogP contribution < -0.4 is 0 Å². The van der Waals surface area contributed by atoms with E-state index in [9.17, 15) is 0 Å². The number of hydrogen-bond donors (Lipinski definition) is 1. The Bertz CT molecular complexity index is 137. The molecule has 0 saturated heterocycles. The topological polar surface area (TPSA) is 20.2 Å². The summed E-state index contributed by atoms with van der Waals surface area (Å²) >= 11 is 0. The van der Waals surface area contributed by atoms with Crippen LogP contribution in [0, 0.1) is 11.8 Å². The zero-order chi connectivity index (χ0) is 5.56. The molecule has 1 saturated carbocycles. The van der Waals surface area contributed by atoms with Crippen LogP contribution in [-0.2, 0) is 0 Å². The average Bonchev–Trinajstić information content (AvgIpc) is 2.43. The molecule has 1 fully saturated rings. The lowest BCUT2D eigenvalue weighted by atomic mass is 10.1. The van der Waals surface area contributed by atoms with Gasteiger partial charge in [0.05, 0.1) is 5.76 Å². The Hall–Kier alpha value is -0.460. The molecule has 2 aliphatic carbocycles. The van der Waals surface area contributed by atoms with Gasteiger partial charge < -0.3 is 5.11 Å². The van der Waals surface area contributed by atoms with E-state index < -0.39 is 0 Å². The second kappa shape index (κ2) is 1.28. The van der Waals surface area contributed by atoms with Gasteiger partial charge in [-0.25, -0.2) is 0 Å². The third kappa shape index (κ3) is 0.540. The summed E-state index contributed by atoms with van der Waals surface area (Å²) in [6.45, 7) is 0. The molecule has 0 aromatic rings. The smallest absolute Gasteiger partial charge is 0.0885 e. The first-order valence-electron chi connectivity index (χ1n) is 3.26. The Labute approximate surface area is 49.0 Å². The highest BCUT2D eigenvalue weighted by Gasteiger charge is 2.37. The van der Waals surface area contributed by atoms with E-state index in [0.717, 1.165) is 18.3 Å². The normalized spacial score (nSPS) is 42.8. The minimum absolute atomic E-state index is 0.628. The molecule has 0 bridgehead atoms. The molecule has 0 aromatic carbocycles. The van der Waals surface area contributed by atoms with Crippen molar-refractivity contribution in [1.29, 1.82) is 0 Å². The molecule has 1 N–H and O–H groups in total. The summed E-state index contributed by atoms with van der Waals surface area (Å²) in [5.41, 5.74) is 0. The van der Waals surface area contributed by atoms with Crippen LogP contribution in [0.15, 0.2) is 11.8 Å². The molecule has 1 nitrogen and oxygen atoms in total. The summed E-state index contributed by atoms with van der Waals surface area (Å²) < 4.78 is 0. The molecule has 2 rings (SSSR count). The molecule has 0 spiro atoms. The molecular formula is C7H10O. The summed E-state index contributed by atoms with van der Waals surface area (Å²) in [5, 5.41) is 8.97. The van der Waals surface area contributed by atoms with E-state index in [1.54, 1.807) is 0 Å². The predicted octanol–water partition coefficient (Wildman–Crippen LogP) is 1.86. The molecule has 0 radical (unpaired) electrons. The van der Waals surface area contributed by atoms with Crippen molar-refractivity contribution < 1.29 is 5.11 Å². The third-order valence-electron chi connectivity index (χ3n) is 2.16. The Morgan fingerprint density at radius 1 is 1.62 bits per heavy atom. The lowest BCUT2D eigenvalue weighted by Gasteiger charge is -2.03. The van der Waals surface area contributed by atoms with Gasteiger partial charge in [-0.15, -0.1) is 0 Å². The molecule has 2 aliphatic rings. The van der Waals surface area contributed by atoms with E-state index in [0.29, 0.717) is 5.76 Å². The SMILES string of the molecule is OC1=C[C@@H]2C[C@@H]2CC1. The van der Waals surface area contributed by atoms with E-state index in [1.807, 2.05) is 6.08 Å². The van der Waals surface area contributed by atoms with E-state index in [-0.39, 0.29) is 0 Å². The fraction of sp³-hybridized carbons (Fsp3) is 0.714. The molecule has 44 valence electrons. The van der Waals surface area contributed by atoms with Gasteiger partial charge >= 0.3 is 0 Å². The summed E-state index contributed by atoms with van der Waals surface area (Å²) in [4.78, 5) is 0. The van der Waals surface area contributed by atoms with Gasteiger partial charge in [-0.3, -0.25) is 0 Å². The molecule has 0 aromatic heterocycles. The number of aliphatic hydroxyl groups is 1. The fourth-order valence-corrected chi connectivity index (χ4v) is 1.47. The van der Waals surface area contributed by atoms with Crippen molar-refractivity contribution in [2.45, 2.75) is 19.3 Å². The standard InChI is InChI=1S/C7H10O/c8-7-2-1-5-3-6(5)4-7/h4-6,8H,1-3H2/t5-,6-/m0/s1. The van der Waals surface area contributed by atoms with Gasteiger partial charge in [0, 0.05) is 6.42 Å². The van der Waals surface area contributed by atoms with Crippen molar-refractivity contribution in [3.8, 4) is 0 Å². The molecule has 8 heavy (non-hydrogen) atoms. The van der Waals surface area contributed by atoms with Crippen LogP contribution in [0.3, 0.4) is 0 Å². The van der Waals surface area contributed by atoms with Gasteiger partial charge in [0.2, 0.25) is 0 Å². The predicted molar refractivity (Wildman–Crippen MR) is 31.5 cm³/mol. The maximum Gasteiger partial charge on any atom is 0.0885 e. The number of fused-ring (bicyclic) bond motifs is 1. The monoisotopic (exact) mass is 110 g/mol. The molecule has 0 amide bonds. The Balaban J connectivity index is 2.15. The van der Waals surface area contributed by atoms with Gasteiger partial charge in [0.25, 0.3) is 0 Å². The maximum absolute atomic E-state index is 8.97. The quantitative estimate of drug-likeness (QED) is 0.504. The Morgan fingerprint density at radius 3 is 3.12 bits per heavy atom. The molecule has 0 heterocycles. The van der Waals surface area contributed by atoms with Crippen molar-refractivity contribution in [3.05, 3.63) is 11.8 Å². The molecule has 0 aliphatic heterocycles. The highest BCUT2D eigenvalue weighted by atomic mass is 16.3. The largest absolute Gasteiger partial charge is 0.513 e. The highest BCUT2D eigenvalue weighted by molar-refractivity contribution is 5.10. The zero-order valence-electron chi connectivity index (χ0n) is 4.80. The van der Waals surface area contributed by atoms with Crippen LogP contribution in [0.5, 0.6) is 0 Å². The lowest BCUT2D eigenvalue weighted by molar-refractivity contribution is 0.365. The van der Waals surface area contributed by atoms with Crippen LogP contribution in [-0.4, -0.2) is 5.11 Å². The van der Waals surface area contributed by atoms with Crippen molar-refractivity contribution in [2.24, 2.45) is 11.8 Å². The van der Waals surface area contributed by atoms with Crippen molar-refractivity contribution in [3.63, 3.8) is 0 Å². The summed E-state index contributed by atoms with van der Waals surface area (Å²) in [7, 11) is 0. The summed E-state index contributed by atoms with van der Waals surface area (Å²) in [5.74, 6) is 2.35. The van der Waals surface area contributed by atoms with Crippen LogP contribution in [0.4, 0.5) is 0 Å². The molecule has 2 atom stereocenters. The van der Waals surface area contributed by atoms with Gasteiger partial charge in [-0.2, -0.15) is 0 Å². The first-order chi connectivity index (χ1) is 3.86. The van der Waals surface area contributed by atoms with Gasteiger partial charge in [-0.05, 0) is 30.8 Å². The number of hydrogen-bond acceptors (Lipinski definition) is 1. The number of aliphatic hydroxyl groups excluding tert-OH is 1. The fourth-order valence-electron chi connectivity index (χ4n) is 1.47. The van der Waals surface area contributed by atoms with E-state index in [4.69, 9.17) is 5.11 Å². The number of allylic oxidation sites excluding steroid dienone is 2. The molecular weight excluding hydrogens is 100 g/mol. The second-order valence-electron chi connectivity index (χ2n) is 2.86. The van der Waals surface area contributed by atoms with Gasteiger partial charge in [0.1, 0.15) is 0 Å². The molecule has 0 unspecified atom stereocenters. The minimum Gasteiger partial charge on any atom is -0.513 e. The van der Waals surface area contributed by atoms with Crippen molar-refractivity contribution in [1.82, 2.24) is 0 Å². The Morgan fingerprint density at radius 2 is 2.50 bits per heavy atom. The van der Waals surface area contributed by atoms with Gasteiger partial charge in [-0.1, -0.05) is 0 Å². The van der Waals surface area contributed by atoms with E-state index >= 15 is 0 Å². The third-order valence-corrected chi connectivity index (χ3v) is 2.16. The minimum atomic E-state index is 0.628. The van der Waals surface area contributed by atoms with E-state index in [2.05, 4.69) is 0 Å². The van der Waals surface area contributed by atoms with Crippen LogP contribution >= 0.6 is 0 Å². The molecule has 1 heteroatoms. The van der Waals surface area contributed by atoms with Crippen molar-refractivity contribution >= 4 is 0 Å². The zero-order valence-corrected chi connectivity index (χ0v) is 4.80. The maximum atomic E-state index is 8.97. The second-order valence-corrected chi connectivity index (χ2v) is 2.86. The average molecular weight is 110 g/mol. The first kappa shape index (κ1) is 4.42. The van der Waals surface area contributed by atoms with Crippen LogP contribution in [0.2, 0.25) is 0 Å². The van der Waals surface area contributed by atoms with E-state index in [1.165, 1.54) is 12.8 Å². The van der Waals surface area contributed by atoms with Gasteiger partial charge in [0.15, 0.2) is 0 Å². The van der Waals surface area contributed by atoms with Crippen LogP contribution in [0.1, 0.15) is 19.3 Å².